The van der Waals surface area contributed by atoms with Crippen LogP contribution < -0.4 is 0 Å². The maximum atomic E-state index is 12.0. The molecule has 23 heavy (non-hydrogen) atoms. The van der Waals surface area contributed by atoms with Crippen LogP contribution in [0.25, 0.3) is 0 Å². The lowest BCUT2D eigenvalue weighted by atomic mass is 10.1. The van der Waals surface area contributed by atoms with Gasteiger partial charge in [0.2, 0.25) is 0 Å². The van der Waals surface area contributed by atoms with Crippen LogP contribution in [0, 0.1) is 10.1 Å². The van der Waals surface area contributed by atoms with E-state index in [0.717, 1.165) is 24.3 Å². The minimum atomic E-state index is -4.22. The van der Waals surface area contributed by atoms with Crippen LogP contribution in [0.3, 0.4) is 0 Å². The van der Waals surface area contributed by atoms with Crippen molar-refractivity contribution in [2.45, 2.75) is 11.8 Å². The Balaban J connectivity index is 2.25. The molecule has 8 nitrogen and oxygen atoms in total. The van der Waals surface area contributed by atoms with Crippen LogP contribution in [-0.4, -0.2) is 24.8 Å². The van der Waals surface area contributed by atoms with E-state index in [2.05, 4.69) is 25.4 Å². The average Bonchev–Trinajstić information content (AvgIpc) is 2.49. The number of allylic oxidation sites excluding steroid dienone is 4. The minimum Gasteiger partial charge on any atom is -0.289 e. The van der Waals surface area contributed by atoms with Crippen LogP contribution in [0.1, 0.15) is 6.92 Å². The number of rotatable bonds is 4. The number of halogens is 1. The van der Waals surface area contributed by atoms with Crippen molar-refractivity contribution in [1.29, 1.82) is 0 Å². The number of benzene rings is 1. The van der Waals surface area contributed by atoms with Crippen LogP contribution in [-0.2, 0) is 19.2 Å². The van der Waals surface area contributed by atoms with Crippen molar-refractivity contribution in [3.05, 3.63) is 56.6 Å². The first-order valence-corrected chi connectivity index (χ1v) is 8.27. The van der Waals surface area contributed by atoms with E-state index < -0.39 is 15.0 Å². The summed E-state index contributed by atoms with van der Waals surface area (Å²) < 4.78 is 28.8. The van der Waals surface area contributed by atoms with Gasteiger partial charge in [0.15, 0.2) is 5.78 Å². The second-order valence-electron chi connectivity index (χ2n) is 4.44. The van der Waals surface area contributed by atoms with Crippen molar-refractivity contribution in [2.75, 3.05) is 0 Å². The van der Waals surface area contributed by atoms with Crippen molar-refractivity contribution >= 4 is 43.2 Å². The Hall–Kier alpha value is -2.33. The molecule has 0 radical (unpaired) electrons. The molecular weight excluding hydrogens is 392 g/mol. The fourth-order valence-electron chi connectivity index (χ4n) is 1.61. The number of ketones is 1. The van der Waals surface area contributed by atoms with E-state index in [9.17, 15) is 23.3 Å². The van der Waals surface area contributed by atoms with E-state index in [4.69, 9.17) is 0 Å². The highest BCUT2D eigenvalue weighted by atomic mass is 79.9. The number of nitrogens with zero attached hydrogens (tertiary/aromatic N) is 2. The lowest BCUT2D eigenvalue weighted by Crippen LogP contribution is -2.11. The third kappa shape index (κ3) is 3.90. The summed E-state index contributed by atoms with van der Waals surface area (Å²) in [4.78, 5) is 21.0. The van der Waals surface area contributed by atoms with Gasteiger partial charge in [0.1, 0.15) is 10.6 Å². The Kier molecular flexibility index (Phi) is 4.76. The van der Waals surface area contributed by atoms with E-state index >= 15 is 0 Å². The SMILES string of the molecule is CC1=CC(=O)C(Br)=C/C1=N\OS(=O)(=O)c1ccc([N+](=O)[O-])cc1. The molecule has 0 spiro atoms. The molecule has 0 aromatic heterocycles. The van der Waals surface area contributed by atoms with Gasteiger partial charge in [-0.05, 0) is 52.7 Å². The van der Waals surface area contributed by atoms with Crippen LogP contribution in [0.5, 0.6) is 0 Å². The first kappa shape index (κ1) is 17.0. The number of hydrogen-bond acceptors (Lipinski definition) is 7. The van der Waals surface area contributed by atoms with Gasteiger partial charge in [-0.15, -0.1) is 0 Å². The largest absolute Gasteiger partial charge is 0.358 e. The maximum Gasteiger partial charge on any atom is 0.358 e. The van der Waals surface area contributed by atoms with Crippen LogP contribution in [0.15, 0.2) is 56.5 Å². The second-order valence-corrected chi connectivity index (χ2v) is 6.82. The normalized spacial score (nSPS) is 16.8. The van der Waals surface area contributed by atoms with Crippen LogP contribution in [0.4, 0.5) is 5.69 Å². The zero-order valence-corrected chi connectivity index (χ0v) is 14.0. The van der Waals surface area contributed by atoms with Gasteiger partial charge in [-0.2, -0.15) is 8.42 Å². The molecule has 0 N–H and O–H groups in total. The van der Waals surface area contributed by atoms with Gasteiger partial charge in [0, 0.05) is 12.1 Å². The first-order chi connectivity index (χ1) is 10.7. The lowest BCUT2D eigenvalue weighted by molar-refractivity contribution is -0.384. The van der Waals surface area contributed by atoms with Gasteiger partial charge < -0.3 is 0 Å². The summed E-state index contributed by atoms with van der Waals surface area (Å²) in [7, 11) is -4.22. The monoisotopic (exact) mass is 400 g/mol. The highest BCUT2D eigenvalue weighted by Crippen LogP contribution is 2.20. The topological polar surface area (TPSA) is 116 Å². The molecule has 120 valence electrons. The molecule has 10 heteroatoms. The zero-order valence-electron chi connectivity index (χ0n) is 11.6. The Morgan fingerprint density at radius 1 is 1.22 bits per heavy atom. The number of nitro benzene ring substituents is 1. The van der Waals surface area contributed by atoms with Gasteiger partial charge >= 0.3 is 10.1 Å². The van der Waals surface area contributed by atoms with Crippen LogP contribution >= 0.6 is 15.9 Å². The molecular formula is C13H9BrN2O6S. The zero-order chi connectivity index (χ0) is 17.2. The molecule has 1 aromatic carbocycles. The van der Waals surface area contributed by atoms with Crippen molar-refractivity contribution in [2.24, 2.45) is 5.16 Å². The van der Waals surface area contributed by atoms with Crippen molar-refractivity contribution < 1.29 is 22.4 Å². The quantitative estimate of drug-likeness (QED) is 0.435. The van der Waals surface area contributed by atoms with E-state index in [0.29, 0.717) is 5.57 Å². The molecule has 2 rings (SSSR count). The average molecular weight is 401 g/mol. The van der Waals surface area contributed by atoms with Crippen molar-refractivity contribution in [3.63, 3.8) is 0 Å². The van der Waals surface area contributed by atoms with Crippen LogP contribution in [0.2, 0.25) is 0 Å². The van der Waals surface area contributed by atoms with Crippen molar-refractivity contribution in [1.82, 2.24) is 0 Å². The Morgan fingerprint density at radius 3 is 2.39 bits per heavy atom. The summed E-state index contributed by atoms with van der Waals surface area (Å²) in [6.07, 6.45) is 2.62. The number of oxime groups is 1. The predicted molar refractivity (Wildman–Crippen MR) is 84.6 cm³/mol. The van der Waals surface area contributed by atoms with E-state index in [1.807, 2.05) is 0 Å². The Labute approximate surface area is 139 Å². The van der Waals surface area contributed by atoms with Gasteiger partial charge in [-0.25, -0.2) is 0 Å². The summed E-state index contributed by atoms with van der Waals surface area (Å²) in [6.45, 7) is 1.58. The highest BCUT2D eigenvalue weighted by Gasteiger charge is 2.19. The third-order valence-electron chi connectivity index (χ3n) is 2.82. The molecule has 0 bridgehead atoms. The van der Waals surface area contributed by atoms with E-state index in [1.165, 1.54) is 12.2 Å². The minimum absolute atomic E-state index is 0.168. The van der Waals surface area contributed by atoms with E-state index in [1.54, 1.807) is 6.92 Å². The third-order valence-corrected chi connectivity index (χ3v) is 4.56. The second kappa shape index (κ2) is 6.42. The summed E-state index contributed by atoms with van der Waals surface area (Å²) in [5, 5.41) is 14.1. The molecule has 0 unspecified atom stereocenters. The smallest absolute Gasteiger partial charge is 0.289 e. The van der Waals surface area contributed by atoms with Gasteiger partial charge in [0.25, 0.3) is 5.69 Å². The number of nitro groups is 1. The number of hydrogen-bond donors (Lipinski definition) is 0. The molecule has 1 aliphatic rings. The van der Waals surface area contributed by atoms with Gasteiger partial charge in [-0.3, -0.25) is 19.2 Å². The molecule has 0 saturated heterocycles. The lowest BCUT2D eigenvalue weighted by Gasteiger charge is -2.08. The standard InChI is InChI=1S/C13H9BrN2O6S/c1-8-6-13(17)11(14)7-12(8)15-22-23(20,21)10-4-2-9(3-5-10)16(18)19/h2-7H,1H3/b15-12+. The molecule has 1 aromatic rings. The summed E-state index contributed by atoms with van der Waals surface area (Å²) in [6, 6.07) is 4.19. The molecule has 0 heterocycles. The maximum absolute atomic E-state index is 12.0. The molecule has 0 aliphatic heterocycles. The Morgan fingerprint density at radius 2 is 1.83 bits per heavy atom. The number of carbonyl (C=O) groups excluding carboxylic acids is 1. The molecule has 0 atom stereocenters. The Bertz CT molecular complexity index is 868. The molecule has 0 saturated carbocycles. The number of carbonyl (C=O) groups is 1. The van der Waals surface area contributed by atoms with Gasteiger partial charge in [0.05, 0.1) is 9.41 Å². The molecule has 0 amide bonds. The first-order valence-electron chi connectivity index (χ1n) is 6.07. The fourth-order valence-corrected chi connectivity index (χ4v) is 2.67. The summed E-state index contributed by atoms with van der Waals surface area (Å²) in [5.74, 6) is -0.264. The highest BCUT2D eigenvalue weighted by molar-refractivity contribution is 9.12. The van der Waals surface area contributed by atoms with E-state index in [-0.39, 0.29) is 26.6 Å². The summed E-state index contributed by atoms with van der Waals surface area (Å²) in [5.41, 5.74) is 0.366. The fraction of sp³-hybridized carbons (Fsp3) is 0.0769. The predicted octanol–water partition coefficient (Wildman–Crippen LogP) is 2.46. The van der Waals surface area contributed by atoms with Crippen molar-refractivity contribution in [3.8, 4) is 0 Å². The van der Waals surface area contributed by atoms with Gasteiger partial charge in [-0.1, -0.05) is 5.16 Å². The molecule has 1 aliphatic carbocycles. The molecule has 0 fully saturated rings. The number of non-ortho nitro benzene ring substituents is 1. The summed E-state index contributed by atoms with van der Waals surface area (Å²) >= 11 is 3.03.